The largest absolute Gasteiger partial charge is 0.508 e. The Morgan fingerprint density at radius 1 is 1.29 bits per heavy atom. The van der Waals surface area contributed by atoms with Gasteiger partial charge in [-0.3, -0.25) is 0 Å². The van der Waals surface area contributed by atoms with Gasteiger partial charge in [0, 0.05) is 24.2 Å². The van der Waals surface area contributed by atoms with Gasteiger partial charge < -0.3 is 20.5 Å². The first kappa shape index (κ1) is 17.3. The van der Waals surface area contributed by atoms with Crippen molar-refractivity contribution in [2.75, 3.05) is 6.54 Å². The van der Waals surface area contributed by atoms with Gasteiger partial charge in [-0.05, 0) is 40.7 Å². The molecule has 21 heavy (non-hydrogen) atoms. The van der Waals surface area contributed by atoms with E-state index in [4.69, 9.17) is 4.74 Å². The summed E-state index contributed by atoms with van der Waals surface area (Å²) in [6, 6.07) is 7.25. The number of alkyl carbamates (subject to hydrolysis) is 1. The number of para-hydroxylation sites is 1. The first-order chi connectivity index (χ1) is 9.69. The maximum absolute atomic E-state index is 11.6. The van der Waals surface area contributed by atoms with E-state index in [1.165, 1.54) is 0 Å². The van der Waals surface area contributed by atoms with Gasteiger partial charge in [-0.25, -0.2) is 4.79 Å². The standard InChI is InChI=1S/C16H26N2O3/c1-11(10-17-15(20)21-16(3,4)5)18-12(2)13-8-6-7-9-14(13)19/h6-9,11-12,18-19H,10H2,1-5H3,(H,17,20). The number of aromatic hydroxyl groups is 1. The summed E-state index contributed by atoms with van der Waals surface area (Å²) in [5.41, 5.74) is 0.339. The maximum Gasteiger partial charge on any atom is 0.407 e. The first-order valence-electron chi connectivity index (χ1n) is 7.20. The molecule has 2 unspecified atom stereocenters. The van der Waals surface area contributed by atoms with E-state index in [0.29, 0.717) is 6.54 Å². The van der Waals surface area contributed by atoms with Crippen molar-refractivity contribution < 1.29 is 14.6 Å². The van der Waals surface area contributed by atoms with Gasteiger partial charge in [0.15, 0.2) is 0 Å². The molecule has 1 aromatic carbocycles. The van der Waals surface area contributed by atoms with E-state index in [2.05, 4.69) is 10.6 Å². The highest BCUT2D eigenvalue weighted by molar-refractivity contribution is 5.67. The smallest absolute Gasteiger partial charge is 0.407 e. The molecule has 1 amide bonds. The lowest BCUT2D eigenvalue weighted by Crippen LogP contribution is -2.41. The molecular weight excluding hydrogens is 268 g/mol. The molecular formula is C16H26N2O3. The third-order valence-electron chi connectivity index (χ3n) is 2.89. The van der Waals surface area contributed by atoms with E-state index in [9.17, 15) is 9.90 Å². The van der Waals surface area contributed by atoms with E-state index < -0.39 is 11.7 Å². The topological polar surface area (TPSA) is 70.6 Å². The fraction of sp³-hybridized carbons (Fsp3) is 0.562. The van der Waals surface area contributed by atoms with E-state index >= 15 is 0 Å². The van der Waals surface area contributed by atoms with Crippen molar-refractivity contribution in [3.63, 3.8) is 0 Å². The normalized spacial score (nSPS) is 14.3. The zero-order valence-electron chi connectivity index (χ0n) is 13.4. The Morgan fingerprint density at radius 2 is 1.90 bits per heavy atom. The highest BCUT2D eigenvalue weighted by Crippen LogP contribution is 2.23. The van der Waals surface area contributed by atoms with Crippen molar-refractivity contribution in [3.05, 3.63) is 29.8 Å². The van der Waals surface area contributed by atoms with Crippen LogP contribution in [-0.2, 0) is 4.74 Å². The number of hydrogen-bond acceptors (Lipinski definition) is 4. The molecule has 0 spiro atoms. The Kier molecular flexibility index (Phi) is 6.03. The average Bonchev–Trinajstić information content (AvgIpc) is 2.34. The molecule has 2 atom stereocenters. The molecule has 5 nitrogen and oxygen atoms in total. The predicted octanol–water partition coefficient (Wildman–Crippen LogP) is 2.96. The Balaban J connectivity index is 2.42. The van der Waals surface area contributed by atoms with Gasteiger partial charge in [0.1, 0.15) is 11.4 Å². The van der Waals surface area contributed by atoms with Crippen LogP contribution in [0.2, 0.25) is 0 Å². The van der Waals surface area contributed by atoms with Crippen molar-refractivity contribution in [1.82, 2.24) is 10.6 Å². The zero-order valence-corrected chi connectivity index (χ0v) is 13.4. The Morgan fingerprint density at radius 3 is 2.48 bits per heavy atom. The van der Waals surface area contributed by atoms with Crippen LogP contribution in [0, 0.1) is 0 Å². The molecule has 1 rings (SSSR count). The number of amides is 1. The lowest BCUT2D eigenvalue weighted by atomic mass is 10.1. The maximum atomic E-state index is 11.6. The number of hydrogen-bond donors (Lipinski definition) is 3. The van der Waals surface area contributed by atoms with E-state index in [1.54, 1.807) is 12.1 Å². The summed E-state index contributed by atoms with van der Waals surface area (Å²) in [4.78, 5) is 11.6. The Labute approximate surface area is 126 Å². The van der Waals surface area contributed by atoms with Gasteiger partial charge in [-0.2, -0.15) is 0 Å². The number of ether oxygens (including phenoxy) is 1. The summed E-state index contributed by atoms with van der Waals surface area (Å²) in [5, 5.41) is 15.9. The molecule has 118 valence electrons. The van der Waals surface area contributed by atoms with Crippen molar-refractivity contribution in [3.8, 4) is 5.75 Å². The van der Waals surface area contributed by atoms with Crippen molar-refractivity contribution in [1.29, 1.82) is 0 Å². The van der Waals surface area contributed by atoms with Crippen LogP contribution < -0.4 is 10.6 Å². The quantitative estimate of drug-likeness (QED) is 0.781. The third-order valence-corrected chi connectivity index (χ3v) is 2.89. The van der Waals surface area contributed by atoms with Gasteiger partial charge in [0.2, 0.25) is 0 Å². The summed E-state index contributed by atoms with van der Waals surface area (Å²) in [7, 11) is 0. The lowest BCUT2D eigenvalue weighted by Gasteiger charge is -2.23. The molecule has 3 N–H and O–H groups in total. The highest BCUT2D eigenvalue weighted by Gasteiger charge is 2.17. The fourth-order valence-electron chi connectivity index (χ4n) is 1.98. The van der Waals surface area contributed by atoms with Crippen molar-refractivity contribution in [2.45, 2.75) is 52.3 Å². The average molecular weight is 294 g/mol. The summed E-state index contributed by atoms with van der Waals surface area (Å²) in [6.45, 7) is 9.87. The molecule has 5 heteroatoms. The Bertz CT molecular complexity index is 469. The first-order valence-corrected chi connectivity index (χ1v) is 7.20. The summed E-state index contributed by atoms with van der Waals surface area (Å²) in [5.74, 6) is 0.268. The number of phenols is 1. The van der Waals surface area contributed by atoms with Gasteiger partial charge >= 0.3 is 6.09 Å². The third kappa shape index (κ3) is 6.49. The molecule has 0 heterocycles. The summed E-state index contributed by atoms with van der Waals surface area (Å²) < 4.78 is 5.18. The van der Waals surface area contributed by atoms with Crippen LogP contribution in [0.3, 0.4) is 0 Å². The van der Waals surface area contributed by atoms with E-state index in [1.807, 2.05) is 46.8 Å². The molecule has 0 saturated carbocycles. The number of nitrogens with one attached hydrogen (secondary N) is 2. The Hall–Kier alpha value is -1.75. The summed E-state index contributed by atoms with van der Waals surface area (Å²) >= 11 is 0. The van der Waals surface area contributed by atoms with Gasteiger partial charge in [0.05, 0.1) is 0 Å². The van der Waals surface area contributed by atoms with Crippen LogP contribution in [0.1, 0.15) is 46.2 Å². The number of benzene rings is 1. The predicted molar refractivity (Wildman–Crippen MR) is 83.4 cm³/mol. The van der Waals surface area contributed by atoms with Crippen LogP contribution in [-0.4, -0.2) is 29.4 Å². The van der Waals surface area contributed by atoms with E-state index in [0.717, 1.165) is 5.56 Å². The molecule has 0 saturated heterocycles. The second-order valence-corrected chi connectivity index (χ2v) is 6.23. The monoisotopic (exact) mass is 294 g/mol. The molecule has 0 aromatic heterocycles. The molecule has 0 radical (unpaired) electrons. The van der Waals surface area contributed by atoms with Gasteiger partial charge in [0.25, 0.3) is 0 Å². The van der Waals surface area contributed by atoms with Gasteiger partial charge in [-0.1, -0.05) is 18.2 Å². The number of rotatable bonds is 5. The lowest BCUT2D eigenvalue weighted by molar-refractivity contribution is 0.0522. The fourth-order valence-corrected chi connectivity index (χ4v) is 1.98. The number of phenolic OH excluding ortho intramolecular Hbond substituents is 1. The van der Waals surface area contributed by atoms with Crippen LogP contribution in [0.4, 0.5) is 4.79 Å². The minimum absolute atomic E-state index is 0.0124. The van der Waals surface area contributed by atoms with Crippen LogP contribution in [0.15, 0.2) is 24.3 Å². The van der Waals surface area contributed by atoms with Crippen LogP contribution in [0.25, 0.3) is 0 Å². The van der Waals surface area contributed by atoms with Crippen molar-refractivity contribution in [2.24, 2.45) is 0 Å². The van der Waals surface area contributed by atoms with Crippen molar-refractivity contribution >= 4 is 6.09 Å². The zero-order chi connectivity index (χ0) is 16.0. The minimum atomic E-state index is -0.496. The molecule has 0 bridgehead atoms. The summed E-state index contributed by atoms with van der Waals surface area (Å²) in [6.07, 6.45) is -0.425. The van der Waals surface area contributed by atoms with Crippen LogP contribution in [0.5, 0.6) is 5.75 Å². The van der Waals surface area contributed by atoms with E-state index in [-0.39, 0.29) is 17.8 Å². The molecule has 0 aliphatic heterocycles. The molecule has 0 aliphatic carbocycles. The number of carbonyl (C=O) groups is 1. The minimum Gasteiger partial charge on any atom is -0.508 e. The van der Waals surface area contributed by atoms with Crippen LogP contribution >= 0.6 is 0 Å². The molecule has 1 aromatic rings. The highest BCUT2D eigenvalue weighted by atomic mass is 16.6. The molecule has 0 aliphatic rings. The number of carbonyl (C=O) groups excluding carboxylic acids is 1. The second-order valence-electron chi connectivity index (χ2n) is 6.23. The second kappa shape index (κ2) is 7.31. The molecule has 0 fully saturated rings. The van der Waals surface area contributed by atoms with Gasteiger partial charge in [-0.15, -0.1) is 0 Å². The SMILES string of the molecule is CC(CNC(=O)OC(C)(C)C)NC(C)c1ccccc1O.